The molecule has 0 amide bonds. The van der Waals surface area contributed by atoms with Crippen LogP contribution in [0.1, 0.15) is 19.3 Å². The van der Waals surface area contributed by atoms with Crippen LogP contribution in [0.15, 0.2) is 41.3 Å². The maximum Gasteiger partial charge on any atom is 0.305 e. The van der Waals surface area contributed by atoms with Gasteiger partial charge in [0, 0.05) is 17.7 Å². The lowest BCUT2D eigenvalue weighted by atomic mass is 10.1. The molecular weight excluding hydrogens is 312 g/mol. The number of fused-ring (bicyclic) bond motifs is 1. The summed E-state index contributed by atoms with van der Waals surface area (Å²) in [5, 5.41) is 2.23. The third-order valence-electron chi connectivity index (χ3n) is 3.48. The molecule has 0 atom stereocenters. The van der Waals surface area contributed by atoms with Gasteiger partial charge in [0.05, 0.1) is 20.0 Å². The van der Waals surface area contributed by atoms with E-state index in [1.54, 1.807) is 7.11 Å². The van der Waals surface area contributed by atoms with Gasteiger partial charge in [-0.3, -0.25) is 9.59 Å². The van der Waals surface area contributed by atoms with Crippen LogP contribution in [0.4, 0.5) is 0 Å². The van der Waals surface area contributed by atoms with Gasteiger partial charge in [0.15, 0.2) is 0 Å². The molecule has 2 rings (SSSR count). The quantitative estimate of drug-likeness (QED) is 0.543. The predicted molar refractivity (Wildman–Crippen MR) is 92.1 cm³/mol. The van der Waals surface area contributed by atoms with Crippen molar-refractivity contribution in [2.45, 2.75) is 24.2 Å². The van der Waals surface area contributed by atoms with Crippen molar-refractivity contribution < 1.29 is 19.1 Å². The number of hydrogen-bond donors (Lipinski definition) is 0. The Morgan fingerprint density at radius 2 is 1.74 bits per heavy atom. The maximum atomic E-state index is 11.8. The van der Waals surface area contributed by atoms with Crippen LogP contribution in [-0.2, 0) is 14.3 Å². The molecule has 0 aliphatic heterocycles. The lowest BCUT2D eigenvalue weighted by Gasteiger charge is -2.05. The Bertz CT molecular complexity index is 696. The molecule has 0 unspecified atom stereocenters. The summed E-state index contributed by atoms with van der Waals surface area (Å²) in [6.07, 6.45) is 1.25. The lowest BCUT2D eigenvalue weighted by Crippen LogP contribution is -2.05. The fraction of sp³-hybridized carbons (Fsp3) is 0.333. The van der Waals surface area contributed by atoms with Crippen molar-refractivity contribution in [2.75, 3.05) is 20.0 Å². The number of esters is 1. The number of methoxy groups -OCH3 is 2. The number of ether oxygens (including phenoxy) is 2. The number of Topliss-reactive ketones (excluding diaryl/α,β-unsaturated/α-hetero) is 1. The van der Waals surface area contributed by atoms with Crippen molar-refractivity contribution in [3.05, 3.63) is 36.4 Å². The number of hydrogen-bond acceptors (Lipinski definition) is 5. The fourth-order valence-corrected chi connectivity index (χ4v) is 3.03. The normalized spacial score (nSPS) is 10.5. The molecule has 0 N–H and O–H groups in total. The van der Waals surface area contributed by atoms with Gasteiger partial charge in [-0.2, -0.15) is 0 Å². The molecule has 2 aromatic carbocycles. The number of thioether (sulfide) groups is 1. The van der Waals surface area contributed by atoms with E-state index < -0.39 is 0 Å². The highest BCUT2D eigenvalue weighted by Crippen LogP contribution is 2.26. The minimum absolute atomic E-state index is 0.147. The maximum absolute atomic E-state index is 11.8. The zero-order valence-electron chi connectivity index (χ0n) is 13.3. The third kappa shape index (κ3) is 5.28. The molecule has 0 spiro atoms. The first-order valence-electron chi connectivity index (χ1n) is 7.41. The highest BCUT2D eigenvalue weighted by Gasteiger charge is 2.07. The Labute approximate surface area is 140 Å². The summed E-state index contributed by atoms with van der Waals surface area (Å²) < 4.78 is 9.77. The topological polar surface area (TPSA) is 52.6 Å². The van der Waals surface area contributed by atoms with Crippen LogP contribution < -0.4 is 4.74 Å². The second-order valence-electron chi connectivity index (χ2n) is 5.13. The molecule has 23 heavy (non-hydrogen) atoms. The molecule has 0 aliphatic rings. The molecule has 0 aromatic heterocycles. The Balaban J connectivity index is 1.87. The van der Waals surface area contributed by atoms with Crippen molar-refractivity contribution in [2.24, 2.45) is 0 Å². The molecule has 122 valence electrons. The Morgan fingerprint density at radius 3 is 2.48 bits per heavy atom. The van der Waals surface area contributed by atoms with Crippen LogP contribution in [0.2, 0.25) is 0 Å². The van der Waals surface area contributed by atoms with Crippen LogP contribution in [0.25, 0.3) is 10.8 Å². The van der Waals surface area contributed by atoms with Crippen molar-refractivity contribution in [1.82, 2.24) is 0 Å². The van der Waals surface area contributed by atoms with E-state index in [2.05, 4.69) is 10.8 Å². The van der Waals surface area contributed by atoms with Gasteiger partial charge in [-0.1, -0.05) is 12.1 Å². The molecule has 2 aromatic rings. The predicted octanol–water partition coefficient (Wildman–Crippen LogP) is 3.85. The highest BCUT2D eigenvalue weighted by atomic mass is 32.2. The fourth-order valence-electron chi connectivity index (χ4n) is 2.19. The van der Waals surface area contributed by atoms with E-state index in [9.17, 15) is 9.59 Å². The summed E-state index contributed by atoms with van der Waals surface area (Å²) in [4.78, 5) is 23.9. The third-order valence-corrected chi connectivity index (χ3v) is 4.54. The minimum atomic E-state index is -0.268. The first kappa shape index (κ1) is 17.3. The lowest BCUT2D eigenvalue weighted by molar-refractivity contribution is -0.140. The summed E-state index contributed by atoms with van der Waals surface area (Å²) in [5.74, 6) is 1.13. The van der Waals surface area contributed by atoms with E-state index in [1.807, 2.05) is 30.3 Å². The van der Waals surface area contributed by atoms with E-state index in [0.717, 1.165) is 21.4 Å². The van der Waals surface area contributed by atoms with Crippen LogP contribution >= 0.6 is 11.8 Å². The van der Waals surface area contributed by atoms with Gasteiger partial charge in [0.25, 0.3) is 0 Å². The first-order chi connectivity index (χ1) is 11.1. The molecule has 5 heteroatoms. The second kappa shape index (κ2) is 8.58. The molecular formula is C18H20O4S. The molecule has 0 aliphatic carbocycles. The summed E-state index contributed by atoms with van der Waals surface area (Å²) in [7, 11) is 3.01. The van der Waals surface area contributed by atoms with Crippen molar-refractivity contribution in [3.63, 3.8) is 0 Å². The van der Waals surface area contributed by atoms with E-state index in [-0.39, 0.29) is 11.8 Å². The molecule has 0 fully saturated rings. The number of benzene rings is 2. The van der Waals surface area contributed by atoms with Gasteiger partial charge < -0.3 is 9.47 Å². The number of ketones is 1. The van der Waals surface area contributed by atoms with Crippen molar-refractivity contribution >= 4 is 34.3 Å². The molecule has 0 radical (unpaired) electrons. The minimum Gasteiger partial charge on any atom is -0.497 e. The van der Waals surface area contributed by atoms with Crippen molar-refractivity contribution in [3.8, 4) is 5.75 Å². The van der Waals surface area contributed by atoms with Crippen molar-refractivity contribution in [1.29, 1.82) is 0 Å². The highest BCUT2D eigenvalue weighted by molar-refractivity contribution is 8.00. The zero-order chi connectivity index (χ0) is 16.7. The Morgan fingerprint density at radius 1 is 1.00 bits per heavy atom. The van der Waals surface area contributed by atoms with E-state index >= 15 is 0 Å². The first-order valence-corrected chi connectivity index (χ1v) is 8.40. The van der Waals surface area contributed by atoms with Crippen LogP contribution in [0, 0.1) is 0 Å². The molecule has 4 nitrogen and oxygen atoms in total. The SMILES string of the molecule is COC(=O)CCCC(=O)CSc1ccc2cc(OC)ccc2c1. The average Bonchev–Trinajstić information content (AvgIpc) is 2.59. The summed E-state index contributed by atoms with van der Waals surface area (Å²) in [5.41, 5.74) is 0. The molecule has 0 saturated heterocycles. The van der Waals surface area contributed by atoms with Gasteiger partial charge in [0.1, 0.15) is 11.5 Å². The average molecular weight is 332 g/mol. The number of rotatable bonds is 8. The monoisotopic (exact) mass is 332 g/mol. The number of carbonyl (C=O) groups is 2. The van der Waals surface area contributed by atoms with E-state index in [1.165, 1.54) is 18.9 Å². The van der Waals surface area contributed by atoms with Gasteiger partial charge in [-0.15, -0.1) is 11.8 Å². The van der Waals surface area contributed by atoms with Gasteiger partial charge in [-0.05, 0) is 41.5 Å². The van der Waals surface area contributed by atoms with Crippen LogP contribution in [-0.4, -0.2) is 31.7 Å². The summed E-state index contributed by atoms with van der Waals surface area (Å²) in [6, 6.07) is 12.0. The standard InChI is InChI=1S/C18H20O4S/c1-21-16-8-6-14-11-17(9-7-13(14)10-16)23-12-15(19)4-3-5-18(20)22-2/h6-11H,3-5,12H2,1-2H3. The van der Waals surface area contributed by atoms with E-state index in [0.29, 0.717) is 25.0 Å². The molecule has 0 saturated carbocycles. The zero-order valence-corrected chi connectivity index (χ0v) is 14.2. The summed E-state index contributed by atoms with van der Waals surface area (Å²) >= 11 is 1.52. The smallest absolute Gasteiger partial charge is 0.305 e. The van der Waals surface area contributed by atoms with Gasteiger partial charge in [-0.25, -0.2) is 0 Å². The largest absolute Gasteiger partial charge is 0.497 e. The van der Waals surface area contributed by atoms with Crippen LogP contribution in [0.3, 0.4) is 0 Å². The van der Waals surface area contributed by atoms with Crippen LogP contribution in [0.5, 0.6) is 5.75 Å². The van der Waals surface area contributed by atoms with Gasteiger partial charge >= 0.3 is 5.97 Å². The Hall–Kier alpha value is -2.01. The summed E-state index contributed by atoms with van der Waals surface area (Å²) in [6.45, 7) is 0. The molecule has 0 bridgehead atoms. The van der Waals surface area contributed by atoms with E-state index in [4.69, 9.17) is 4.74 Å². The molecule has 0 heterocycles. The Kier molecular flexibility index (Phi) is 6.47. The second-order valence-corrected chi connectivity index (χ2v) is 6.18. The van der Waals surface area contributed by atoms with Gasteiger partial charge in [0.2, 0.25) is 0 Å². The number of carbonyl (C=O) groups excluding carboxylic acids is 2.